The predicted molar refractivity (Wildman–Crippen MR) is 113 cm³/mol. The number of hydrogen-bond donors (Lipinski definition) is 1. The lowest BCUT2D eigenvalue weighted by Gasteiger charge is -2.39. The lowest BCUT2D eigenvalue weighted by molar-refractivity contribution is 0.161. The van der Waals surface area contributed by atoms with E-state index in [9.17, 15) is 8.42 Å². The summed E-state index contributed by atoms with van der Waals surface area (Å²) in [4.78, 5) is 4.71. The van der Waals surface area contributed by atoms with Crippen LogP contribution in [0.25, 0.3) is 0 Å². The first kappa shape index (κ1) is 19.2. The summed E-state index contributed by atoms with van der Waals surface area (Å²) >= 11 is 0. The highest BCUT2D eigenvalue weighted by Crippen LogP contribution is 2.36. The molecule has 2 fully saturated rings. The molecule has 0 aliphatic carbocycles. The van der Waals surface area contributed by atoms with Crippen LogP contribution in [0.3, 0.4) is 0 Å². The van der Waals surface area contributed by atoms with Crippen molar-refractivity contribution >= 4 is 21.4 Å². The van der Waals surface area contributed by atoms with Crippen LogP contribution in [0, 0.1) is 0 Å². The zero-order valence-corrected chi connectivity index (χ0v) is 17.1. The molecule has 0 saturated carbocycles. The molecule has 2 heterocycles. The summed E-state index contributed by atoms with van der Waals surface area (Å²) in [5, 5.41) is 0. The predicted octanol–water partition coefficient (Wildman–Crippen LogP) is 2.55. The van der Waals surface area contributed by atoms with Gasteiger partial charge < -0.3 is 15.5 Å². The van der Waals surface area contributed by atoms with Crippen LogP contribution >= 0.6 is 0 Å². The zero-order valence-electron chi connectivity index (χ0n) is 16.3. The van der Waals surface area contributed by atoms with Crippen LogP contribution in [-0.2, 0) is 10.0 Å². The maximum absolute atomic E-state index is 13.8. The lowest BCUT2D eigenvalue weighted by Crippen LogP contribution is -2.49. The number of nitrogens with two attached hydrogens (primary N) is 1. The standard InChI is InChI=1S/C21H28N4O2S/c1-23-13-14-25(20(16-23)17-7-3-2-4-8-17)28(26,27)21-10-9-18(22)15-19(21)24-11-5-6-12-24/h2-4,7-10,15,20H,5-6,11-14,16,22H2,1H3. The number of nitrogens with zero attached hydrogens (tertiary/aromatic N) is 3. The SMILES string of the molecule is CN1CCN(S(=O)(=O)c2ccc(N)cc2N2CCCC2)C(c2ccccc2)C1. The van der Waals surface area contributed by atoms with E-state index < -0.39 is 10.0 Å². The molecule has 2 aliphatic rings. The molecule has 28 heavy (non-hydrogen) atoms. The van der Waals surface area contributed by atoms with E-state index in [1.807, 2.05) is 43.4 Å². The molecule has 0 bridgehead atoms. The van der Waals surface area contributed by atoms with Crippen LogP contribution < -0.4 is 10.6 Å². The van der Waals surface area contributed by atoms with Crippen molar-refractivity contribution < 1.29 is 8.42 Å². The molecule has 0 spiro atoms. The first-order valence-corrected chi connectivity index (χ1v) is 11.3. The highest BCUT2D eigenvalue weighted by Gasteiger charge is 2.38. The van der Waals surface area contributed by atoms with E-state index in [1.54, 1.807) is 16.4 Å². The van der Waals surface area contributed by atoms with Crippen LogP contribution in [0.2, 0.25) is 0 Å². The molecule has 2 aromatic carbocycles. The monoisotopic (exact) mass is 400 g/mol. The van der Waals surface area contributed by atoms with Gasteiger partial charge >= 0.3 is 0 Å². The molecule has 1 unspecified atom stereocenters. The largest absolute Gasteiger partial charge is 0.399 e. The van der Waals surface area contributed by atoms with E-state index in [0.29, 0.717) is 23.7 Å². The zero-order chi connectivity index (χ0) is 19.7. The van der Waals surface area contributed by atoms with Crippen molar-refractivity contribution in [2.75, 3.05) is 50.4 Å². The van der Waals surface area contributed by atoms with E-state index in [4.69, 9.17) is 5.73 Å². The quantitative estimate of drug-likeness (QED) is 0.799. The number of rotatable bonds is 4. The summed E-state index contributed by atoms with van der Waals surface area (Å²) < 4.78 is 29.3. The van der Waals surface area contributed by atoms with Crippen LogP contribution in [0.1, 0.15) is 24.4 Å². The van der Waals surface area contributed by atoms with Crippen LogP contribution in [0.15, 0.2) is 53.4 Å². The minimum atomic E-state index is -3.66. The van der Waals surface area contributed by atoms with Gasteiger partial charge in [-0.05, 0) is 43.7 Å². The Balaban J connectivity index is 1.76. The molecule has 1 atom stereocenters. The van der Waals surface area contributed by atoms with Gasteiger partial charge in [0.05, 0.1) is 11.7 Å². The van der Waals surface area contributed by atoms with E-state index in [-0.39, 0.29) is 6.04 Å². The minimum Gasteiger partial charge on any atom is -0.399 e. The number of nitrogen functional groups attached to an aromatic ring is 1. The van der Waals surface area contributed by atoms with E-state index in [0.717, 1.165) is 43.7 Å². The molecule has 150 valence electrons. The number of anilines is 2. The number of benzene rings is 2. The van der Waals surface area contributed by atoms with Gasteiger partial charge in [-0.25, -0.2) is 8.42 Å². The molecule has 2 aromatic rings. The van der Waals surface area contributed by atoms with E-state index in [2.05, 4.69) is 9.80 Å². The van der Waals surface area contributed by atoms with Gasteiger partial charge in [0.25, 0.3) is 0 Å². The van der Waals surface area contributed by atoms with Crippen molar-refractivity contribution in [2.24, 2.45) is 0 Å². The van der Waals surface area contributed by atoms with Crippen molar-refractivity contribution in [3.05, 3.63) is 54.1 Å². The molecule has 0 amide bonds. The van der Waals surface area contributed by atoms with Gasteiger partial charge in [0, 0.05) is 38.4 Å². The topological polar surface area (TPSA) is 69.9 Å². The Morgan fingerprint density at radius 2 is 1.68 bits per heavy atom. The molecule has 2 N–H and O–H groups in total. The maximum Gasteiger partial charge on any atom is 0.245 e. The first-order chi connectivity index (χ1) is 13.5. The molecule has 6 nitrogen and oxygen atoms in total. The van der Waals surface area contributed by atoms with Crippen LogP contribution in [-0.4, -0.2) is 57.4 Å². The van der Waals surface area contributed by atoms with E-state index in [1.165, 1.54) is 0 Å². The second-order valence-corrected chi connectivity index (χ2v) is 9.58. The van der Waals surface area contributed by atoms with Crippen molar-refractivity contribution in [1.82, 2.24) is 9.21 Å². The summed E-state index contributed by atoms with van der Waals surface area (Å²) in [5.41, 5.74) is 8.37. The average Bonchev–Trinajstić information content (AvgIpc) is 3.23. The van der Waals surface area contributed by atoms with Gasteiger partial charge in [0.1, 0.15) is 4.90 Å². The third-order valence-corrected chi connectivity index (χ3v) is 7.69. The normalized spacial score (nSPS) is 21.9. The highest BCUT2D eigenvalue weighted by atomic mass is 32.2. The number of sulfonamides is 1. The Bertz CT molecular complexity index is 927. The highest BCUT2D eigenvalue weighted by molar-refractivity contribution is 7.89. The number of hydrogen-bond acceptors (Lipinski definition) is 5. The summed E-state index contributed by atoms with van der Waals surface area (Å²) in [6.07, 6.45) is 2.16. The fourth-order valence-electron chi connectivity index (χ4n) is 4.22. The third kappa shape index (κ3) is 3.62. The number of piperazine rings is 1. The van der Waals surface area contributed by atoms with Crippen molar-refractivity contribution in [2.45, 2.75) is 23.8 Å². The smallest absolute Gasteiger partial charge is 0.245 e. The van der Waals surface area contributed by atoms with Gasteiger partial charge in [0.15, 0.2) is 0 Å². The average molecular weight is 401 g/mol. The molecule has 0 aromatic heterocycles. The first-order valence-electron chi connectivity index (χ1n) is 9.86. The maximum atomic E-state index is 13.8. The fourth-order valence-corrected chi connectivity index (χ4v) is 6.01. The van der Waals surface area contributed by atoms with Gasteiger partial charge in [-0.2, -0.15) is 4.31 Å². The van der Waals surface area contributed by atoms with Gasteiger partial charge in [0.2, 0.25) is 10.0 Å². The minimum absolute atomic E-state index is 0.200. The second kappa shape index (κ2) is 7.73. The van der Waals surface area contributed by atoms with Crippen molar-refractivity contribution in [3.8, 4) is 0 Å². The molecule has 4 rings (SSSR count). The van der Waals surface area contributed by atoms with Gasteiger partial charge in [-0.15, -0.1) is 0 Å². The van der Waals surface area contributed by atoms with Gasteiger partial charge in [-0.1, -0.05) is 30.3 Å². The second-order valence-electron chi connectivity index (χ2n) is 7.73. The summed E-state index contributed by atoms with van der Waals surface area (Å²) in [6, 6.07) is 14.9. The summed E-state index contributed by atoms with van der Waals surface area (Å²) in [7, 11) is -1.62. The molecule has 0 radical (unpaired) electrons. The summed E-state index contributed by atoms with van der Waals surface area (Å²) in [5.74, 6) is 0. The Kier molecular flexibility index (Phi) is 5.31. The van der Waals surface area contributed by atoms with Crippen molar-refractivity contribution in [3.63, 3.8) is 0 Å². The number of likely N-dealkylation sites (N-methyl/N-ethyl adjacent to an activating group) is 1. The van der Waals surface area contributed by atoms with Gasteiger partial charge in [-0.3, -0.25) is 0 Å². The molecular formula is C21H28N4O2S. The molecular weight excluding hydrogens is 372 g/mol. The molecule has 2 aliphatic heterocycles. The van der Waals surface area contributed by atoms with Crippen LogP contribution in [0.4, 0.5) is 11.4 Å². The van der Waals surface area contributed by atoms with E-state index >= 15 is 0 Å². The molecule has 7 heteroatoms. The Morgan fingerprint density at radius 1 is 0.964 bits per heavy atom. The lowest BCUT2D eigenvalue weighted by atomic mass is 10.1. The molecule has 2 saturated heterocycles. The van der Waals surface area contributed by atoms with Crippen molar-refractivity contribution in [1.29, 1.82) is 0 Å². The summed E-state index contributed by atoms with van der Waals surface area (Å²) in [6.45, 7) is 3.61. The third-order valence-electron chi connectivity index (χ3n) is 5.74. The van der Waals surface area contributed by atoms with Crippen LogP contribution in [0.5, 0.6) is 0 Å². The Morgan fingerprint density at radius 3 is 2.39 bits per heavy atom. The Hall–Kier alpha value is -2.09. The fraction of sp³-hybridized carbons (Fsp3) is 0.429. The Labute approximate surface area is 167 Å².